The topological polar surface area (TPSA) is 58.6 Å². The van der Waals surface area contributed by atoms with Crippen LogP contribution in [0, 0.1) is 0 Å². The highest BCUT2D eigenvalue weighted by atomic mass is 79.9. The quantitative estimate of drug-likeness (QED) is 0.482. The van der Waals surface area contributed by atoms with E-state index in [-0.39, 0.29) is 24.5 Å². The van der Waals surface area contributed by atoms with Crippen LogP contribution in [-0.4, -0.2) is 35.4 Å². The number of aryl methyl sites for hydroxylation is 1. The second kappa shape index (κ2) is 11.5. The third-order valence-electron chi connectivity index (χ3n) is 4.62. The molecule has 0 bridgehead atoms. The first kappa shape index (κ1) is 24.4. The second-order valence-electron chi connectivity index (χ2n) is 7.39. The molecule has 0 radical (unpaired) electrons. The van der Waals surface area contributed by atoms with Gasteiger partial charge in [-0.25, -0.2) is 0 Å². The summed E-state index contributed by atoms with van der Waals surface area (Å²) in [5.74, 6) is 0.156. The van der Waals surface area contributed by atoms with Gasteiger partial charge in [-0.15, -0.1) is 0 Å². The Kier molecular flexibility index (Phi) is 9.37. The Labute approximate surface area is 195 Å². The Morgan fingerprint density at radius 2 is 1.67 bits per heavy atom. The molecule has 1 atom stereocenters. The van der Waals surface area contributed by atoms with Crippen LogP contribution in [0.15, 0.2) is 51.4 Å². The molecule has 0 aliphatic rings. The van der Waals surface area contributed by atoms with Crippen molar-refractivity contribution in [2.24, 2.45) is 0 Å². The summed E-state index contributed by atoms with van der Waals surface area (Å²) in [6.07, 6.45) is 0.918. The van der Waals surface area contributed by atoms with Crippen LogP contribution in [0.3, 0.4) is 0 Å². The van der Waals surface area contributed by atoms with Gasteiger partial charge in [0.1, 0.15) is 11.8 Å². The summed E-state index contributed by atoms with van der Waals surface area (Å²) in [5, 5.41) is 2.88. The van der Waals surface area contributed by atoms with Gasteiger partial charge in [-0.05, 0) is 78.5 Å². The van der Waals surface area contributed by atoms with E-state index >= 15 is 0 Å². The highest BCUT2D eigenvalue weighted by Gasteiger charge is 2.27. The molecule has 0 aliphatic carbocycles. The molecular weight excluding hydrogens is 512 g/mol. The van der Waals surface area contributed by atoms with Crippen molar-refractivity contribution in [1.82, 2.24) is 10.2 Å². The van der Waals surface area contributed by atoms with Gasteiger partial charge in [-0.1, -0.05) is 41.1 Å². The predicted molar refractivity (Wildman–Crippen MR) is 126 cm³/mol. The lowest BCUT2D eigenvalue weighted by Gasteiger charge is -2.29. The Morgan fingerprint density at radius 1 is 1.03 bits per heavy atom. The van der Waals surface area contributed by atoms with E-state index in [4.69, 9.17) is 4.74 Å². The van der Waals surface area contributed by atoms with E-state index in [1.165, 1.54) is 5.56 Å². The molecule has 2 amide bonds. The average molecular weight is 540 g/mol. The van der Waals surface area contributed by atoms with Gasteiger partial charge < -0.3 is 15.0 Å². The number of halogens is 2. The van der Waals surface area contributed by atoms with Crippen LogP contribution in [-0.2, 0) is 22.6 Å². The molecule has 0 heterocycles. The predicted octanol–water partition coefficient (Wildman–Crippen LogP) is 5.09. The molecule has 162 valence electrons. The molecule has 7 heteroatoms. The van der Waals surface area contributed by atoms with Crippen LogP contribution in [0.1, 0.15) is 38.8 Å². The molecule has 0 saturated heterocycles. The van der Waals surface area contributed by atoms with Crippen LogP contribution in [0.4, 0.5) is 0 Å². The van der Waals surface area contributed by atoms with Gasteiger partial charge in [0, 0.05) is 17.1 Å². The number of benzene rings is 2. The largest absolute Gasteiger partial charge is 0.483 e. The van der Waals surface area contributed by atoms with Crippen molar-refractivity contribution >= 4 is 43.7 Å². The number of hydrogen-bond acceptors (Lipinski definition) is 3. The lowest BCUT2D eigenvalue weighted by molar-refractivity contribution is -0.142. The van der Waals surface area contributed by atoms with E-state index in [9.17, 15) is 9.59 Å². The number of nitrogens with zero attached hydrogens (tertiary/aromatic N) is 1. The van der Waals surface area contributed by atoms with Gasteiger partial charge >= 0.3 is 0 Å². The highest BCUT2D eigenvalue weighted by molar-refractivity contribution is 9.10. The minimum atomic E-state index is -0.627. The molecule has 0 aliphatic heterocycles. The Balaban J connectivity index is 2.16. The van der Waals surface area contributed by atoms with E-state index in [0.717, 1.165) is 20.9 Å². The number of amides is 2. The highest BCUT2D eigenvalue weighted by Crippen LogP contribution is 2.26. The molecular formula is C23H28Br2N2O3. The van der Waals surface area contributed by atoms with Gasteiger partial charge in [0.25, 0.3) is 5.91 Å². The molecule has 0 saturated carbocycles. The molecule has 1 N–H and O–H groups in total. The van der Waals surface area contributed by atoms with Crippen molar-refractivity contribution in [2.45, 2.75) is 52.7 Å². The number of hydrogen-bond donors (Lipinski definition) is 1. The Bertz CT molecular complexity index is 869. The van der Waals surface area contributed by atoms with Gasteiger partial charge in [-0.2, -0.15) is 0 Å². The molecule has 0 unspecified atom stereocenters. The van der Waals surface area contributed by atoms with E-state index < -0.39 is 6.04 Å². The maximum atomic E-state index is 13.1. The van der Waals surface area contributed by atoms with Gasteiger partial charge in [0.2, 0.25) is 5.91 Å². The standard InChI is InChI=1S/C23H28Br2N2O3/c1-5-17-8-11-21(20(25)12-17)30-14-22(28)27(16(4)23(29)26-15(2)3)13-18-6-9-19(24)10-7-18/h6-12,15-16H,5,13-14H2,1-4H3,(H,26,29)/t16-/m1/s1. The molecule has 2 aromatic carbocycles. The first-order chi connectivity index (χ1) is 14.2. The SMILES string of the molecule is CCc1ccc(OCC(=O)N(Cc2ccc(Br)cc2)[C@H](C)C(=O)NC(C)C)c(Br)c1. The average Bonchev–Trinajstić information content (AvgIpc) is 2.71. The van der Waals surface area contributed by atoms with Crippen LogP contribution in [0.2, 0.25) is 0 Å². The lowest BCUT2D eigenvalue weighted by Crippen LogP contribution is -2.50. The molecule has 30 heavy (non-hydrogen) atoms. The first-order valence-electron chi connectivity index (χ1n) is 9.96. The second-order valence-corrected chi connectivity index (χ2v) is 9.16. The summed E-state index contributed by atoms with van der Waals surface area (Å²) in [5.41, 5.74) is 2.11. The minimum Gasteiger partial charge on any atom is -0.483 e. The maximum Gasteiger partial charge on any atom is 0.261 e. The summed E-state index contributed by atoms with van der Waals surface area (Å²) in [4.78, 5) is 27.2. The van der Waals surface area contributed by atoms with Crippen LogP contribution in [0.25, 0.3) is 0 Å². The van der Waals surface area contributed by atoms with E-state index in [1.54, 1.807) is 11.8 Å². The molecule has 0 fully saturated rings. The Morgan fingerprint density at radius 3 is 2.23 bits per heavy atom. The third kappa shape index (κ3) is 7.13. The van der Waals surface area contributed by atoms with E-state index in [2.05, 4.69) is 44.1 Å². The smallest absolute Gasteiger partial charge is 0.261 e. The summed E-state index contributed by atoms with van der Waals surface area (Å²) in [7, 11) is 0. The Hall–Kier alpha value is -1.86. The van der Waals surface area contributed by atoms with Crippen LogP contribution in [0.5, 0.6) is 5.75 Å². The first-order valence-corrected chi connectivity index (χ1v) is 11.5. The third-order valence-corrected chi connectivity index (χ3v) is 5.77. The fourth-order valence-corrected chi connectivity index (χ4v) is 3.68. The van der Waals surface area contributed by atoms with Gasteiger partial charge in [0.15, 0.2) is 6.61 Å². The van der Waals surface area contributed by atoms with Crippen LogP contribution >= 0.6 is 31.9 Å². The van der Waals surface area contributed by atoms with Crippen molar-refractivity contribution < 1.29 is 14.3 Å². The monoisotopic (exact) mass is 538 g/mol. The zero-order valence-corrected chi connectivity index (χ0v) is 20.9. The lowest BCUT2D eigenvalue weighted by atomic mass is 10.1. The van der Waals surface area contributed by atoms with Crippen molar-refractivity contribution in [2.75, 3.05) is 6.61 Å². The number of carbonyl (C=O) groups is 2. The summed E-state index contributed by atoms with van der Waals surface area (Å²) < 4.78 is 7.53. The molecule has 5 nitrogen and oxygen atoms in total. The number of ether oxygens (including phenoxy) is 1. The zero-order chi connectivity index (χ0) is 22.3. The van der Waals surface area contributed by atoms with Gasteiger partial charge in [0.05, 0.1) is 4.47 Å². The number of nitrogens with one attached hydrogen (secondary N) is 1. The fraction of sp³-hybridized carbons (Fsp3) is 0.391. The normalized spacial score (nSPS) is 11.8. The van der Waals surface area contributed by atoms with Crippen LogP contribution < -0.4 is 10.1 Å². The minimum absolute atomic E-state index is 0.00568. The molecule has 2 rings (SSSR count). The number of carbonyl (C=O) groups excluding carboxylic acids is 2. The molecule has 0 aromatic heterocycles. The number of rotatable bonds is 9. The zero-order valence-electron chi connectivity index (χ0n) is 17.7. The fourth-order valence-electron chi connectivity index (χ4n) is 2.88. The van der Waals surface area contributed by atoms with Crippen molar-refractivity contribution in [1.29, 1.82) is 0 Å². The summed E-state index contributed by atoms with van der Waals surface area (Å²) in [6, 6.07) is 12.9. The van der Waals surface area contributed by atoms with Crippen molar-refractivity contribution in [3.8, 4) is 5.75 Å². The van der Waals surface area contributed by atoms with E-state index in [0.29, 0.717) is 12.3 Å². The maximum absolute atomic E-state index is 13.1. The van der Waals surface area contributed by atoms with E-state index in [1.807, 2.05) is 56.3 Å². The van der Waals surface area contributed by atoms with Crippen molar-refractivity contribution in [3.63, 3.8) is 0 Å². The summed E-state index contributed by atoms with van der Waals surface area (Å²) in [6.45, 7) is 7.77. The van der Waals surface area contributed by atoms with Crippen molar-refractivity contribution in [3.05, 3.63) is 62.5 Å². The molecule has 0 spiro atoms. The van der Waals surface area contributed by atoms with Gasteiger partial charge in [-0.3, -0.25) is 9.59 Å². The molecule has 2 aromatic rings. The summed E-state index contributed by atoms with van der Waals surface area (Å²) >= 11 is 6.91.